The first-order chi connectivity index (χ1) is 17.0. The highest BCUT2D eigenvalue weighted by Gasteiger charge is 2.38. The number of carbonyl (C=O) groups excluding carboxylic acids is 1. The summed E-state index contributed by atoms with van der Waals surface area (Å²) in [7, 11) is 0. The number of rotatable bonds is 4. The van der Waals surface area contributed by atoms with Gasteiger partial charge in [-0.3, -0.25) is 9.36 Å². The minimum Gasteiger partial charge on any atom is -0.388 e. The summed E-state index contributed by atoms with van der Waals surface area (Å²) in [6.45, 7) is 3.20. The summed E-state index contributed by atoms with van der Waals surface area (Å²) in [5, 5.41) is 14.6. The molecule has 3 aromatic rings. The molecule has 2 aliphatic heterocycles. The monoisotopic (exact) mass is 473 g/mol. The van der Waals surface area contributed by atoms with Gasteiger partial charge in [0.1, 0.15) is 0 Å². The maximum Gasteiger partial charge on any atom is 0.320 e. The molecule has 2 aliphatic rings. The van der Waals surface area contributed by atoms with Gasteiger partial charge >= 0.3 is 6.03 Å². The van der Waals surface area contributed by atoms with E-state index in [1.54, 1.807) is 0 Å². The molecule has 182 valence electrons. The van der Waals surface area contributed by atoms with Crippen LogP contribution in [0.4, 0.5) is 4.79 Å². The van der Waals surface area contributed by atoms with Crippen LogP contribution >= 0.6 is 0 Å². The van der Waals surface area contributed by atoms with Crippen LogP contribution in [0.15, 0.2) is 77.9 Å². The minimum absolute atomic E-state index is 0.00782. The molecule has 2 saturated heterocycles. The van der Waals surface area contributed by atoms with Crippen molar-refractivity contribution in [1.29, 1.82) is 0 Å². The van der Waals surface area contributed by atoms with Crippen LogP contribution in [0.2, 0.25) is 0 Å². The van der Waals surface area contributed by atoms with Crippen LogP contribution < -0.4 is 10.9 Å². The van der Waals surface area contributed by atoms with Crippen LogP contribution in [-0.2, 0) is 6.54 Å². The maximum absolute atomic E-state index is 13.4. The molecule has 0 radical (unpaired) electrons. The number of likely N-dealkylation sites (tertiary alicyclic amines) is 1. The minimum atomic E-state index is -1.06. The van der Waals surface area contributed by atoms with E-state index in [2.05, 4.69) is 22.4 Å². The number of carbonyl (C=O) groups is 1. The number of urea groups is 1. The van der Waals surface area contributed by atoms with Crippen LogP contribution in [0.25, 0.3) is 11.3 Å². The van der Waals surface area contributed by atoms with Crippen molar-refractivity contribution in [3.8, 4) is 11.3 Å². The highest BCUT2D eigenvalue weighted by atomic mass is 16.3. The van der Waals surface area contributed by atoms with E-state index in [4.69, 9.17) is 0 Å². The Morgan fingerprint density at radius 3 is 2.40 bits per heavy atom. The van der Waals surface area contributed by atoms with Crippen LogP contribution in [0.5, 0.6) is 0 Å². The Labute approximate surface area is 204 Å². The molecule has 5 rings (SSSR count). The number of aliphatic hydroxyl groups is 1. The Bertz CT molecular complexity index is 1210. The summed E-state index contributed by atoms with van der Waals surface area (Å²) in [6, 6.07) is 21.1. The highest BCUT2D eigenvalue weighted by molar-refractivity contribution is 5.75. The molecule has 1 unspecified atom stereocenters. The predicted octanol–water partition coefficient (Wildman–Crippen LogP) is 2.50. The molecule has 2 amide bonds. The molecule has 0 aliphatic carbocycles. The van der Waals surface area contributed by atoms with Crippen LogP contribution in [0, 0.1) is 0 Å². The number of hydrogen-bond donors (Lipinski definition) is 2. The number of aromatic nitrogens is 2. The molecule has 1 atom stereocenters. The van der Waals surface area contributed by atoms with Gasteiger partial charge in [-0.2, -0.15) is 0 Å². The van der Waals surface area contributed by atoms with Gasteiger partial charge in [-0.15, -0.1) is 0 Å². The average Bonchev–Trinajstić information content (AvgIpc) is 2.91. The first-order valence-electron chi connectivity index (χ1n) is 12.2. The second-order valence-corrected chi connectivity index (χ2v) is 9.42. The van der Waals surface area contributed by atoms with Gasteiger partial charge in [0.25, 0.3) is 5.56 Å². The van der Waals surface area contributed by atoms with Crippen molar-refractivity contribution in [2.45, 2.75) is 31.0 Å². The average molecular weight is 474 g/mol. The van der Waals surface area contributed by atoms with Gasteiger partial charge in [0, 0.05) is 44.4 Å². The zero-order valence-electron chi connectivity index (χ0n) is 19.7. The summed E-state index contributed by atoms with van der Waals surface area (Å²) in [5.74, 6) is 0. The summed E-state index contributed by atoms with van der Waals surface area (Å²) in [5.41, 5.74) is 1.36. The van der Waals surface area contributed by atoms with E-state index < -0.39 is 5.60 Å². The van der Waals surface area contributed by atoms with E-state index in [9.17, 15) is 14.7 Å². The summed E-state index contributed by atoms with van der Waals surface area (Å²) in [6.07, 6.45) is 2.33. The van der Waals surface area contributed by atoms with Gasteiger partial charge in [0.2, 0.25) is 0 Å². The summed E-state index contributed by atoms with van der Waals surface area (Å²) in [4.78, 5) is 34.3. The van der Waals surface area contributed by atoms with Crippen molar-refractivity contribution in [3.63, 3.8) is 0 Å². The molecule has 3 heterocycles. The lowest BCUT2D eigenvalue weighted by molar-refractivity contribution is -0.0305. The molecular weight excluding hydrogens is 442 g/mol. The standard InChI is InChI=1S/C27H31N5O3/c33-25-17-23(21-7-3-1-4-8-21)29-20-31(25)19-27(35)11-14-30(15-12-27)26(34)32-16-13-28-18-24(32)22-9-5-2-6-10-22/h1-10,17,20,24,28,35H,11-16,18-19H2. The highest BCUT2D eigenvalue weighted by Crippen LogP contribution is 2.28. The van der Waals surface area contributed by atoms with E-state index >= 15 is 0 Å². The Morgan fingerprint density at radius 2 is 1.71 bits per heavy atom. The number of nitrogens with one attached hydrogen (secondary N) is 1. The molecule has 8 heteroatoms. The molecule has 2 N–H and O–H groups in total. The molecule has 0 spiro atoms. The number of benzene rings is 2. The number of amides is 2. The van der Waals surface area contributed by atoms with Gasteiger partial charge in [0.15, 0.2) is 0 Å². The van der Waals surface area contributed by atoms with Crippen LogP contribution in [0.1, 0.15) is 24.4 Å². The first kappa shape index (κ1) is 23.3. The fourth-order valence-corrected chi connectivity index (χ4v) is 4.99. The number of piperazine rings is 1. The molecule has 8 nitrogen and oxygen atoms in total. The molecule has 1 aromatic heterocycles. The third-order valence-electron chi connectivity index (χ3n) is 7.05. The Morgan fingerprint density at radius 1 is 1.03 bits per heavy atom. The normalized spacial score (nSPS) is 20.0. The van der Waals surface area contributed by atoms with Gasteiger partial charge < -0.3 is 20.2 Å². The first-order valence-corrected chi connectivity index (χ1v) is 12.2. The van der Waals surface area contributed by atoms with E-state index in [0.29, 0.717) is 38.2 Å². The molecular formula is C27H31N5O3. The van der Waals surface area contributed by atoms with Crippen molar-refractivity contribution >= 4 is 6.03 Å². The van der Waals surface area contributed by atoms with E-state index in [-0.39, 0.29) is 24.2 Å². The lowest BCUT2D eigenvalue weighted by Crippen LogP contribution is -2.56. The predicted molar refractivity (Wildman–Crippen MR) is 134 cm³/mol. The Hall–Kier alpha value is -3.49. The molecule has 35 heavy (non-hydrogen) atoms. The fourth-order valence-electron chi connectivity index (χ4n) is 4.99. The topological polar surface area (TPSA) is 90.7 Å². The van der Waals surface area contributed by atoms with Crippen molar-refractivity contribution in [1.82, 2.24) is 24.7 Å². The van der Waals surface area contributed by atoms with Gasteiger partial charge in [-0.25, -0.2) is 9.78 Å². The quantitative estimate of drug-likeness (QED) is 0.608. The second-order valence-electron chi connectivity index (χ2n) is 9.42. The zero-order valence-corrected chi connectivity index (χ0v) is 19.7. The molecule has 2 aromatic carbocycles. The third kappa shape index (κ3) is 5.13. The SMILES string of the molecule is O=C(N1CCC(O)(Cn2cnc(-c3ccccc3)cc2=O)CC1)N1CCNCC1c1ccccc1. The zero-order chi connectivity index (χ0) is 24.3. The molecule has 0 saturated carbocycles. The third-order valence-corrected chi connectivity index (χ3v) is 7.05. The van der Waals surface area contributed by atoms with Crippen LogP contribution in [-0.4, -0.2) is 68.8 Å². The summed E-state index contributed by atoms with van der Waals surface area (Å²) >= 11 is 0. The maximum atomic E-state index is 13.4. The Balaban J connectivity index is 1.23. The smallest absolute Gasteiger partial charge is 0.320 e. The number of piperidine rings is 1. The van der Waals surface area contributed by atoms with Crippen molar-refractivity contribution in [3.05, 3.63) is 89.0 Å². The lowest BCUT2D eigenvalue weighted by atomic mass is 9.91. The van der Waals surface area contributed by atoms with Crippen molar-refractivity contribution in [2.24, 2.45) is 0 Å². The van der Waals surface area contributed by atoms with Crippen molar-refractivity contribution < 1.29 is 9.90 Å². The number of hydrogen-bond acceptors (Lipinski definition) is 5. The van der Waals surface area contributed by atoms with Gasteiger partial charge in [-0.05, 0) is 18.4 Å². The Kier molecular flexibility index (Phi) is 6.66. The van der Waals surface area contributed by atoms with Crippen molar-refractivity contribution in [2.75, 3.05) is 32.7 Å². The largest absolute Gasteiger partial charge is 0.388 e. The van der Waals surface area contributed by atoms with Gasteiger partial charge in [0.05, 0.1) is 30.2 Å². The van der Waals surface area contributed by atoms with Gasteiger partial charge in [-0.1, -0.05) is 60.7 Å². The molecule has 2 fully saturated rings. The molecule has 0 bridgehead atoms. The number of nitrogens with zero attached hydrogens (tertiary/aromatic N) is 4. The lowest BCUT2D eigenvalue weighted by Gasteiger charge is -2.43. The van der Waals surface area contributed by atoms with E-state index in [1.165, 1.54) is 17.0 Å². The second kappa shape index (κ2) is 10.0. The van der Waals surface area contributed by atoms with E-state index in [0.717, 1.165) is 24.2 Å². The fraction of sp³-hybridized carbons (Fsp3) is 0.370. The summed E-state index contributed by atoms with van der Waals surface area (Å²) < 4.78 is 1.46. The van der Waals surface area contributed by atoms with E-state index in [1.807, 2.05) is 58.3 Å². The van der Waals surface area contributed by atoms with Crippen LogP contribution in [0.3, 0.4) is 0 Å².